The third-order valence-electron chi connectivity index (χ3n) is 14.6. The molecule has 0 amide bonds. The molecule has 19 heteroatoms. The maximum Gasteiger partial charge on any atom is 0.472 e. The quantitative estimate of drug-likeness (QED) is 0.0222. The molecule has 0 aromatic heterocycles. The van der Waals surface area contributed by atoms with Crippen LogP contribution in [-0.2, 0) is 65.4 Å². The zero-order valence-electron chi connectivity index (χ0n) is 53.8. The average Bonchev–Trinajstić information content (AvgIpc) is 3.43. The van der Waals surface area contributed by atoms with Crippen molar-refractivity contribution >= 4 is 39.5 Å². The Labute approximate surface area is 505 Å². The van der Waals surface area contributed by atoms with E-state index in [1.54, 1.807) is 0 Å². The van der Waals surface area contributed by atoms with Crippen molar-refractivity contribution in [2.45, 2.75) is 324 Å². The Balaban J connectivity index is 5.24. The van der Waals surface area contributed by atoms with Crippen LogP contribution in [0.4, 0.5) is 0 Å². The summed E-state index contributed by atoms with van der Waals surface area (Å²) in [5.41, 5.74) is 0. The zero-order chi connectivity index (χ0) is 61.8. The Morgan fingerprint density at radius 3 is 0.747 bits per heavy atom. The molecule has 0 radical (unpaired) electrons. The fourth-order valence-corrected chi connectivity index (χ4v) is 11.0. The lowest BCUT2D eigenvalue weighted by Crippen LogP contribution is -2.30. The molecule has 0 fully saturated rings. The predicted octanol–water partition coefficient (Wildman–Crippen LogP) is 17.4. The first kappa shape index (κ1) is 81.1. The van der Waals surface area contributed by atoms with E-state index >= 15 is 0 Å². The van der Waals surface area contributed by atoms with Crippen LogP contribution in [-0.4, -0.2) is 96.7 Å². The van der Waals surface area contributed by atoms with Crippen molar-refractivity contribution in [2.24, 2.45) is 23.7 Å². The van der Waals surface area contributed by atoms with Crippen molar-refractivity contribution < 1.29 is 80.2 Å². The lowest BCUT2D eigenvalue weighted by atomic mass is 10.0. The van der Waals surface area contributed by atoms with Crippen LogP contribution in [0.2, 0.25) is 0 Å². The lowest BCUT2D eigenvalue weighted by Gasteiger charge is -2.21. The second kappa shape index (κ2) is 54.2. The number of aliphatic hydroxyl groups excluding tert-OH is 1. The second-order valence-electron chi connectivity index (χ2n) is 25.1. The molecule has 3 unspecified atom stereocenters. The topological polar surface area (TPSA) is 237 Å². The van der Waals surface area contributed by atoms with E-state index in [9.17, 15) is 43.2 Å². The molecular formula is C64H124O17P2. The Morgan fingerprint density at radius 1 is 0.301 bits per heavy atom. The molecule has 0 aliphatic heterocycles. The van der Waals surface area contributed by atoms with Gasteiger partial charge in [-0.3, -0.25) is 37.3 Å². The number of hydrogen-bond acceptors (Lipinski definition) is 15. The summed E-state index contributed by atoms with van der Waals surface area (Å²) < 4.78 is 67.9. The molecule has 0 saturated carbocycles. The molecule has 5 atom stereocenters. The molecule has 0 saturated heterocycles. The smallest absolute Gasteiger partial charge is 0.462 e. The van der Waals surface area contributed by atoms with Gasteiger partial charge in [0.15, 0.2) is 12.2 Å². The number of aliphatic hydroxyl groups is 1. The highest BCUT2D eigenvalue weighted by atomic mass is 31.2. The van der Waals surface area contributed by atoms with E-state index in [1.165, 1.54) is 96.3 Å². The van der Waals surface area contributed by atoms with Crippen LogP contribution in [0, 0.1) is 23.7 Å². The number of hydrogen-bond donors (Lipinski definition) is 3. The number of unbranched alkanes of at least 4 members (excludes halogenated alkanes) is 27. The molecule has 83 heavy (non-hydrogen) atoms. The van der Waals surface area contributed by atoms with Gasteiger partial charge >= 0.3 is 39.5 Å². The van der Waals surface area contributed by atoms with Gasteiger partial charge < -0.3 is 33.8 Å². The van der Waals surface area contributed by atoms with Crippen molar-refractivity contribution in [3.63, 3.8) is 0 Å². The van der Waals surface area contributed by atoms with Gasteiger partial charge in [0.2, 0.25) is 0 Å². The standard InChI is InChI=1S/C64H124O17P2/c1-54(2)40-32-24-16-12-10-9-11-13-19-30-38-46-63(68)80-60(51-75-62(67)45-37-29-23-22-27-35-43-57(7)8)53-79-83(72,73)77-49-58(65)48-76-82(70,71)78-52-59(81-64(69)47-39-31-21-15-18-26-34-42-56(5)6)50-74-61(66)44-36-28-20-14-17-25-33-41-55(3)4/h54-60,65H,9-53H2,1-8H3,(H,70,71)(H,72,73)/t58?,59-,60-/m1/s1. The second-order valence-corrected chi connectivity index (χ2v) is 28.0. The van der Waals surface area contributed by atoms with Crippen molar-refractivity contribution in [1.29, 1.82) is 0 Å². The predicted molar refractivity (Wildman–Crippen MR) is 331 cm³/mol. The fraction of sp³-hybridized carbons (Fsp3) is 0.938. The largest absolute Gasteiger partial charge is 0.472 e. The molecule has 0 aromatic rings. The molecule has 0 aromatic carbocycles. The van der Waals surface area contributed by atoms with Crippen molar-refractivity contribution in [3.05, 3.63) is 0 Å². The number of phosphoric acid groups is 2. The van der Waals surface area contributed by atoms with Gasteiger partial charge in [-0.15, -0.1) is 0 Å². The van der Waals surface area contributed by atoms with Crippen molar-refractivity contribution in [1.82, 2.24) is 0 Å². The fourth-order valence-electron chi connectivity index (χ4n) is 9.43. The average molecular weight is 1230 g/mol. The van der Waals surface area contributed by atoms with Crippen LogP contribution >= 0.6 is 15.6 Å². The zero-order valence-corrected chi connectivity index (χ0v) is 55.6. The first-order valence-corrected chi connectivity index (χ1v) is 36.2. The van der Waals surface area contributed by atoms with Gasteiger partial charge in [0.1, 0.15) is 19.3 Å². The SMILES string of the molecule is CC(C)CCCCCCCCCCCCCC(=O)O[C@H](COC(=O)CCCCCCCCC(C)C)COP(=O)(O)OCC(O)COP(=O)(O)OC[C@@H](COC(=O)CCCCCCCCCC(C)C)OC(=O)CCCCCCCCCC(C)C. The van der Waals surface area contributed by atoms with Gasteiger partial charge in [-0.25, -0.2) is 9.13 Å². The molecule has 0 bridgehead atoms. The summed E-state index contributed by atoms with van der Waals surface area (Å²) in [6.45, 7) is 13.9. The van der Waals surface area contributed by atoms with E-state index in [-0.39, 0.29) is 25.7 Å². The monoisotopic (exact) mass is 1230 g/mol. The lowest BCUT2D eigenvalue weighted by molar-refractivity contribution is -0.161. The number of phosphoric ester groups is 2. The molecule has 0 rings (SSSR count). The number of rotatable bonds is 61. The van der Waals surface area contributed by atoms with Gasteiger partial charge in [-0.1, -0.05) is 254 Å². The summed E-state index contributed by atoms with van der Waals surface area (Å²) in [6.07, 6.45) is 33.8. The van der Waals surface area contributed by atoms with Crippen molar-refractivity contribution in [3.8, 4) is 0 Å². The number of esters is 4. The van der Waals surface area contributed by atoms with Crippen LogP contribution in [0.25, 0.3) is 0 Å². The third kappa shape index (κ3) is 58.8. The van der Waals surface area contributed by atoms with Gasteiger partial charge in [-0.2, -0.15) is 0 Å². The number of ether oxygens (including phenoxy) is 4. The Hall–Kier alpha value is -1.94. The Kier molecular flexibility index (Phi) is 53.0. The highest BCUT2D eigenvalue weighted by Gasteiger charge is 2.30. The molecule has 17 nitrogen and oxygen atoms in total. The van der Waals surface area contributed by atoms with Crippen LogP contribution in [0.5, 0.6) is 0 Å². The van der Waals surface area contributed by atoms with Gasteiger partial charge in [-0.05, 0) is 49.4 Å². The minimum absolute atomic E-state index is 0.102. The highest BCUT2D eigenvalue weighted by Crippen LogP contribution is 2.45. The number of carbonyl (C=O) groups is 4. The van der Waals surface area contributed by atoms with Crippen LogP contribution in [0.15, 0.2) is 0 Å². The first-order valence-electron chi connectivity index (χ1n) is 33.2. The molecule has 0 aliphatic carbocycles. The van der Waals surface area contributed by atoms with Crippen LogP contribution < -0.4 is 0 Å². The van der Waals surface area contributed by atoms with Gasteiger partial charge in [0.25, 0.3) is 0 Å². The van der Waals surface area contributed by atoms with E-state index in [2.05, 4.69) is 55.4 Å². The highest BCUT2D eigenvalue weighted by molar-refractivity contribution is 7.47. The van der Waals surface area contributed by atoms with Gasteiger partial charge in [0.05, 0.1) is 26.4 Å². The van der Waals surface area contributed by atoms with E-state index in [0.29, 0.717) is 43.4 Å². The maximum absolute atomic E-state index is 13.0. The molecular weight excluding hydrogens is 1100 g/mol. The molecule has 3 N–H and O–H groups in total. The minimum atomic E-state index is -4.94. The van der Waals surface area contributed by atoms with E-state index in [4.69, 9.17) is 37.0 Å². The summed E-state index contributed by atoms with van der Waals surface area (Å²) >= 11 is 0. The summed E-state index contributed by atoms with van der Waals surface area (Å²) in [5, 5.41) is 10.5. The normalized spacial score (nSPS) is 14.4. The molecule has 0 spiro atoms. The molecule has 0 heterocycles. The van der Waals surface area contributed by atoms with E-state index in [0.717, 1.165) is 109 Å². The van der Waals surface area contributed by atoms with E-state index in [1.807, 2.05) is 0 Å². The number of carbonyl (C=O) groups excluding carboxylic acids is 4. The minimum Gasteiger partial charge on any atom is -0.462 e. The van der Waals surface area contributed by atoms with Crippen molar-refractivity contribution in [2.75, 3.05) is 39.6 Å². The summed E-state index contributed by atoms with van der Waals surface area (Å²) in [7, 11) is -9.89. The summed E-state index contributed by atoms with van der Waals surface area (Å²) in [4.78, 5) is 72.2. The van der Waals surface area contributed by atoms with Crippen LogP contribution in [0.1, 0.15) is 306 Å². The molecule has 0 aliphatic rings. The molecule has 492 valence electrons. The Morgan fingerprint density at radius 2 is 0.506 bits per heavy atom. The van der Waals surface area contributed by atoms with Crippen LogP contribution in [0.3, 0.4) is 0 Å². The maximum atomic E-state index is 13.0. The summed E-state index contributed by atoms with van der Waals surface area (Å²) in [5.74, 6) is 0.703. The van der Waals surface area contributed by atoms with E-state index < -0.39 is 97.5 Å². The Bertz CT molecular complexity index is 1660. The van der Waals surface area contributed by atoms with Gasteiger partial charge in [0, 0.05) is 25.7 Å². The summed E-state index contributed by atoms with van der Waals surface area (Å²) in [6, 6.07) is 0. The third-order valence-corrected chi connectivity index (χ3v) is 16.5. The first-order chi connectivity index (χ1) is 39.6.